The van der Waals surface area contributed by atoms with Gasteiger partial charge >= 0.3 is 0 Å². The van der Waals surface area contributed by atoms with E-state index in [1.807, 2.05) is 66.7 Å². The van der Waals surface area contributed by atoms with Gasteiger partial charge in [-0.3, -0.25) is 24.6 Å². The maximum Gasteiger partial charge on any atom is 0.255 e. The molecule has 9 aliphatic rings. The fourth-order valence-electron chi connectivity index (χ4n) is 15.1. The SMILES string of the molecule is [C-]#[N+]/C(=C1/N=c2cc(C#N)c([N+]#[C-])cc2=N1)c1cc(/C(C#N)=C2/N=c3cc(C)c(C#N)cc3=N2)cc(C(C#N)=C2N=c3cc([N+]#[C-])c([N+]#[C-])cc3=N2)n1.[C-]#[N+]C(=C1N=c2cc(F)c(F)cc2=N1)c1cc(/C(C#N)=C2/N=c3cc(C)c(F)cc3=N2)cc(C(C#N)=C2N=c3cc(F)c(F)cc3=N2)n1.[C-]#[N+]C(=C1N=c2ccccc2=N1)c1cc(C(C#N)=C2N=c3ccccc3=N2)cc(C(C#N)=C2N=c3ccccc3=N2)n1. The van der Waals surface area contributed by atoms with Crippen molar-refractivity contribution in [1.29, 1.82) is 42.1 Å². The van der Waals surface area contributed by atoms with Crippen molar-refractivity contribution in [3.8, 4) is 48.6 Å². The summed E-state index contributed by atoms with van der Waals surface area (Å²) in [5.74, 6) is -5.46. The van der Waals surface area contributed by atoms with Crippen molar-refractivity contribution in [3.05, 3.63) is 502 Å². The molecule has 0 saturated heterocycles. The van der Waals surface area contributed by atoms with Crippen LogP contribution >= 0.6 is 0 Å². The van der Waals surface area contributed by atoms with E-state index >= 15 is 0 Å². The number of benzene rings is 9. The van der Waals surface area contributed by atoms with Gasteiger partial charge in [-0.1, -0.05) is 36.4 Å². The van der Waals surface area contributed by atoms with Crippen molar-refractivity contribution in [2.24, 2.45) is 89.9 Å². The molecule has 0 fully saturated rings. The van der Waals surface area contributed by atoms with Crippen LogP contribution in [0.3, 0.4) is 0 Å². The molecule has 0 N–H and O–H groups in total. The number of fused-ring (bicyclic) bond motifs is 9. The maximum atomic E-state index is 14.3. The summed E-state index contributed by atoms with van der Waals surface area (Å²) in [6, 6.07) is 61.7. The number of hydrogen-bond acceptors (Lipinski definition) is 29. The number of halogens is 5. The Bertz CT molecular complexity index is 9430. The molecule has 658 valence electrons. The summed E-state index contributed by atoms with van der Waals surface area (Å²) < 4.78 is 69.9. The van der Waals surface area contributed by atoms with Crippen LogP contribution in [0.1, 0.15) is 73.1 Å². The van der Waals surface area contributed by atoms with E-state index in [1.165, 1.54) is 61.5 Å². The lowest BCUT2D eigenvalue weighted by Crippen LogP contribution is -2.23. The third-order valence-corrected chi connectivity index (χ3v) is 21.9. The highest BCUT2D eigenvalue weighted by Gasteiger charge is 2.30. The monoisotopic (exact) mass is 1860 g/mol. The molecule has 9 aromatic carbocycles. The van der Waals surface area contributed by atoms with Crippen LogP contribution in [0.2, 0.25) is 0 Å². The molecule has 3 aromatic heterocycles. The zero-order valence-electron chi connectivity index (χ0n) is 72.4. The zero-order chi connectivity index (χ0) is 99.9. The number of nitriles is 8. The average Bonchev–Trinajstić information content (AvgIpc) is 1.48. The summed E-state index contributed by atoms with van der Waals surface area (Å²) in [6.07, 6.45) is 0. The molecule has 40 heteroatoms. The predicted molar refractivity (Wildman–Crippen MR) is 485 cm³/mol. The van der Waals surface area contributed by atoms with E-state index in [-0.39, 0.29) is 219 Å². The Morgan fingerprint density at radius 2 is 0.448 bits per heavy atom. The molecule has 21 rings (SSSR count). The van der Waals surface area contributed by atoms with Crippen molar-refractivity contribution in [3.63, 3.8) is 0 Å². The van der Waals surface area contributed by atoms with E-state index in [4.69, 9.17) is 39.4 Å². The Morgan fingerprint density at radius 1 is 0.231 bits per heavy atom. The third-order valence-electron chi connectivity index (χ3n) is 21.9. The fourth-order valence-corrected chi connectivity index (χ4v) is 15.1. The Labute approximate surface area is 796 Å². The molecule has 35 nitrogen and oxygen atoms in total. The molecule has 12 heterocycles. The van der Waals surface area contributed by atoms with Gasteiger partial charge in [-0.05, 0) is 157 Å². The zero-order valence-corrected chi connectivity index (χ0v) is 72.4. The number of rotatable bonds is 9. The molecule has 0 bridgehead atoms. The molecule has 0 radical (unpaired) electrons. The molecule has 9 aliphatic heterocycles. The normalized spacial score (nSPS) is 13.9. The first-order valence-electron chi connectivity index (χ1n) is 41.2. The molecular formula is C103H36F5N35. The lowest BCUT2D eigenvalue weighted by molar-refractivity contribution is 0.506. The van der Waals surface area contributed by atoms with Gasteiger partial charge in [-0.2, -0.15) is 42.1 Å². The van der Waals surface area contributed by atoms with Gasteiger partial charge < -0.3 is 0 Å². The van der Waals surface area contributed by atoms with Crippen molar-refractivity contribution >= 4 is 67.6 Å². The molecular weight excluding hydrogens is 1820 g/mol. The second kappa shape index (κ2) is 36.5. The molecule has 0 atom stereocenters. The van der Waals surface area contributed by atoms with Crippen LogP contribution in [-0.2, 0) is 0 Å². The van der Waals surface area contributed by atoms with Gasteiger partial charge in [-0.25, -0.2) is 131 Å². The minimum absolute atomic E-state index is 0.0163. The van der Waals surface area contributed by atoms with Crippen molar-refractivity contribution in [2.45, 2.75) is 13.8 Å². The highest BCUT2D eigenvalue weighted by molar-refractivity contribution is 5.90. The second-order valence-electron chi connectivity index (χ2n) is 30.6. The Hall–Kier alpha value is -23.0. The number of allylic oxidation sites excluding steroid dienone is 6. The lowest BCUT2D eigenvalue weighted by Gasteiger charge is -2.09. The number of aryl methyl sites for hydroxylation is 2. The Morgan fingerprint density at radius 3 is 0.720 bits per heavy atom. The van der Waals surface area contributed by atoms with Gasteiger partial charge in [0.05, 0.1) is 193 Å². The lowest BCUT2D eigenvalue weighted by atomic mass is 10.0. The van der Waals surface area contributed by atoms with Crippen LogP contribution in [0, 0.1) is 173 Å². The van der Waals surface area contributed by atoms with Crippen molar-refractivity contribution in [2.75, 3.05) is 0 Å². The van der Waals surface area contributed by atoms with E-state index in [2.05, 4.69) is 164 Å². The number of pyridine rings is 3. The molecule has 0 amide bonds. The molecule has 0 unspecified atom stereocenters. The average molecular weight is 1860 g/mol. The standard InChI is InChI=1S/C38H11N15.C33H11F5N10.C32H14N10/c1-18-6-28-29(9-20(18)14-39)49-36(48-28)22(16-41)19-7-25(23(17-42)37-50-32-12-26(44-3)27(45-4)13-33(32)51-37)47-34(8-19)35(46-5)38-52-30-10-21(15-40)24(43-2)11-31(30)53-38;1-13-3-23-24(6-17(13)34)44-31(43-23)15(11-39)14-4-22(16(12-40)32-45-25-7-18(35)19(36)8-26(25)46-32)42-29(5-14)30(41-2)33-47-27-9-20(37)21(38)10-28(27)48-33;1-35-29(32-41-25-12-6-7-13-26(25)42-32)28-15-18(19(16-33)30-37-21-8-2-3-9-22(21)38-30)14-27(36-28)20(17-34)31-39-23-10-4-5-11-24(23)40-31/h6-13H,1H3;3-10H,1H3;2-15H/b36-22-,38-35-;31-15-;. The van der Waals surface area contributed by atoms with Crippen LogP contribution < -0.4 is 96.4 Å². The number of aromatic nitrogens is 3. The smallest absolute Gasteiger partial charge is 0.255 e. The van der Waals surface area contributed by atoms with E-state index < -0.39 is 29.1 Å². The van der Waals surface area contributed by atoms with Crippen LogP contribution in [0.5, 0.6) is 0 Å². The topological polar surface area (TPSA) is 478 Å². The van der Waals surface area contributed by atoms with Crippen LogP contribution in [0.4, 0.5) is 39.0 Å². The van der Waals surface area contributed by atoms with Crippen LogP contribution in [0.15, 0.2) is 324 Å². The van der Waals surface area contributed by atoms with E-state index in [0.717, 1.165) is 30.3 Å². The molecule has 0 spiro atoms. The summed E-state index contributed by atoms with van der Waals surface area (Å²) in [5.41, 5.74) is 1.25. The second-order valence-corrected chi connectivity index (χ2v) is 30.6. The summed E-state index contributed by atoms with van der Waals surface area (Å²) in [4.78, 5) is 114. The number of hydrogen-bond donors (Lipinski definition) is 0. The number of para-hydroxylation sites is 6. The summed E-state index contributed by atoms with van der Waals surface area (Å²) in [7, 11) is 0. The highest BCUT2D eigenvalue weighted by atomic mass is 19.2. The highest BCUT2D eigenvalue weighted by Crippen LogP contribution is 2.37. The van der Waals surface area contributed by atoms with Gasteiger partial charge in [0.15, 0.2) is 87.0 Å². The van der Waals surface area contributed by atoms with Gasteiger partial charge in [0, 0.05) is 30.3 Å². The first-order chi connectivity index (χ1) is 69.4. The number of nitrogens with zero attached hydrogens (tertiary/aromatic N) is 35. The van der Waals surface area contributed by atoms with E-state index in [1.54, 1.807) is 55.5 Å². The molecule has 0 saturated carbocycles. The summed E-state index contributed by atoms with van der Waals surface area (Å²) >= 11 is 0. The van der Waals surface area contributed by atoms with Crippen molar-refractivity contribution in [1.82, 2.24) is 15.0 Å². The van der Waals surface area contributed by atoms with Gasteiger partial charge in [0.25, 0.3) is 17.1 Å². The Kier molecular flexibility index (Phi) is 22.8. The molecule has 0 aliphatic carbocycles. The molecule has 12 aromatic rings. The van der Waals surface area contributed by atoms with Gasteiger partial charge in [0.2, 0.25) is 5.69 Å². The van der Waals surface area contributed by atoms with Crippen LogP contribution in [0.25, 0.3) is 79.6 Å². The molecule has 143 heavy (non-hydrogen) atoms. The van der Waals surface area contributed by atoms with Gasteiger partial charge in [0.1, 0.15) is 75.7 Å². The largest absolute Gasteiger partial charge is 0.259 e. The fraction of sp³-hybridized carbons (Fsp3) is 0.0194. The first-order valence-corrected chi connectivity index (χ1v) is 41.2. The summed E-state index contributed by atoms with van der Waals surface area (Å²) in [5, 5.41) is 86.9. The quantitative estimate of drug-likeness (QED) is 0.0750. The Balaban J connectivity index is 0.000000137. The van der Waals surface area contributed by atoms with E-state index in [9.17, 15) is 64.0 Å². The summed E-state index contributed by atoms with van der Waals surface area (Å²) in [6.45, 7) is 49.6. The van der Waals surface area contributed by atoms with Crippen molar-refractivity contribution < 1.29 is 22.0 Å². The minimum Gasteiger partial charge on any atom is -0.259 e. The van der Waals surface area contributed by atoms with E-state index in [0.29, 0.717) is 70.5 Å². The third kappa shape index (κ3) is 16.5. The van der Waals surface area contributed by atoms with Gasteiger partial charge in [-0.15, -0.1) is 0 Å². The minimum atomic E-state index is -1.18. The van der Waals surface area contributed by atoms with Crippen LogP contribution in [-0.4, -0.2) is 15.0 Å². The maximum absolute atomic E-state index is 14.3. The predicted octanol–water partition coefficient (Wildman–Crippen LogP) is 8.32. The first kappa shape index (κ1) is 89.2.